The van der Waals surface area contributed by atoms with Gasteiger partial charge >= 0.3 is 6.09 Å². The lowest BCUT2D eigenvalue weighted by molar-refractivity contribution is -0.0236. The Balaban J connectivity index is 3.13. The Morgan fingerprint density at radius 2 is 0.673 bits per heavy atom. The predicted molar refractivity (Wildman–Crippen MR) is 196 cm³/mol. The van der Waals surface area contributed by atoms with Crippen LogP contribution in [0.1, 0.15) is 118 Å². The van der Waals surface area contributed by atoms with Crippen molar-refractivity contribution in [2.24, 2.45) is 0 Å². The van der Waals surface area contributed by atoms with Crippen LogP contribution in [0.3, 0.4) is 0 Å². The van der Waals surface area contributed by atoms with Crippen LogP contribution in [0.2, 0.25) is 0 Å². The molecule has 0 heterocycles. The summed E-state index contributed by atoms with van der Waals surface area (Å²) in [4.78, 5) is 13.4. The van der Waals surface area contributed by atoms with Gasteiger partial charge in [0.2, 0.25) is 0 Å². The van der Waals surface area contributed by atoms with Crippen LogP contribution in [0.15, 0.2) is 0 Å². The summed E-state index contributed by atoms with van der Waals surface area (Å²) in [7, 11) is 1.69. The topological polar surface area (TPSA) is 103 Å². The number of ether oxygens (including phenoxy) is 9. The summed E-state index contributed by atoms with van der Waals surface area (Å²) >= 11 is 0. The molecule has 0 radical (unpaired) electrons. The first kappa shape index (κ1) is 48.0. The summed E-state index contributed by atoms with van der Waals surface area (Å²) in [5.74, 6) is 0. The van der Waals surface area contributed by atoms with Crippen molar-refractivity contribution in [3.8, 4) is 0 Å². The molecular formula is C38H77NO10. The third-order valence-corrected chi connectivity index (χ3v) is 7.52. The molecule has 0 aromatic heterocycles. The number of carbonyl (C=O) groups is 1. The summed E-state index contributed by atoms with van der Waals surface area (Å²) in [6.45, 7) is 16.9. The molecule has 0 aromatic rings. The summed E-state index contributed by atoms with van der Waals surface area (Å²) < 4.78 is 49.5. The first-order valence-electron chi connectivity index (χ1n) is 19.4. The van der Waals surface area contributed by atoms with Gasteiger partial charge in [-0.15, -0.1) is 0 Å². The first-order chi connectivity index (χ1) is 23.9. The minimum absolute atomic E-state index is 0.357. The molecular weight excluding hydrogens is 630 g/mol. The molecule has 0 rings (SSSR count). The fraction of sp³-hybridized carbons (Fsp3) is 0.974. The van der Waals surface area contributed by atoms with Crippen molar-refractivity contribution in [3.63, 3.8) is 0 Å². The number of carbonyl (C=O) groups excluding carboxylic acids is 1. The molecule has 0 saturated heterocycles. The molecule has 11 heteroatoms. The van der Waals surface area contributed by atoms with Gasteiger partial charge in [-0.3, -0.25) is 0 Å². The second-order valence-corrected chi connectivity index (χ2v) is 13.4. The second kappa shape index (κ2) is 38.2. The van der Waals surface area contributed by atoms with E-state index >= 15 is 0 Å². The van der Waals surface area contributed by atoms with E-state index in [0.29, 0.717) is 106 Å². The predicted octanol–water partition coefficient (Wildman–Crippen LogP) is 7.47. The van der Waals surface area contributed by atoms with Crippen molar-refractivity contribution in [3.05, 3.63) is 0 Å². The maximum absolute atomic E-state index is 11.9. The molecule has 294 valence electrons. The van der Waals surface area contributed by atoms with Gasteiger partial charge in [-0.1, -0.05) is 90.4 Å². The summed E-state index contributed by atoms with van der Waals surface area (Å²) in [5, 5.41) is 0. The number of hydrogen-bond donors (Lipinski definition) is 0. The molecule has 0 aliphatic carbocycles. The molecule has 0 bridgehead atoms. The Morgan fingerprint density at radius 1 is 0.408 bits per heavy atom. The number of amides is 1. The number of likely N-dealkylation sites (N-methyl/N-ethyl adjacent to an activating group) is 1. The van der Waals surface area contributed by atoms with E-state index in [9.17, 15) is 4.79 Å². The molecule has 0 aliphatic heterocycles. The summed E-state index contributed by atoms with van der Waals surface area (Å²) in [6, 6.07) is 0. The molecule has 0 aromatic carbocycles. The Kier molecular flexibility index (Phi) is 37.4. The van der Waals surface area contributed by atoms with Crippen LogP contribution in [0.5, 0.6) is 0 Å². The maximum atomic E-state index is 11.9. The van der Waals surface area contributed by atoms with Gasteiger partial charge in [0.25, 0.3) is 0 Å². The summed E-state index contributed by atoms with van der Waals surface area (Å²) in [5.41, 5.74) is -0.503. The van der Waals surface area contributed by atoms with Crippen LogP contribution in [-0.4, -0.2) is 136 Å². The molecule has 0 unspecified atom stereocenters. The minimum atomic E-state index is -0.503. The lowest BCUT2D eigenvalue weighted by Gasteiger charge is -2.24. The van der Waals surface area contributed by atoms with Crippen LogP contribution >= 0.6 is 0 Å². The van der Waals surface area contributed by atoms with Crippen LogP contribution in [0, 0.1) is 0 Å². The minimum Gasteiger partial charge on any atom is -0.444 e. The SMILES string of the molecule is CCCCCCCCCCCCCCCCOCCOCCOCCOCCOCCOCCOCCOCCN(C)C(=O)OC(C)(C)C. The number of unbranched alkanes of at least 4 members (excludes halogenated alkanes) is 13. The highest BCUT2D eigenvalue weighted by molar-refractivity contribution is 5.67. The molecule has 0 aliphatic rings. The molecule has 0 N–H and O–H groups in total. The third kappa shape index (κ3) is 41.3. The van der Waals surface area contributed by atoms with Gasteiger partial charge < -0.3 is 47.5 Å². The van der Waals surface area contributed by atoms with Gasteiger partial charge in [-0.05, 0) is 27.2 Å². The Morgan fingerprint density at radius 3 is 0.980 bits per heavy atom. The van der Waals surface area contributed by atoms with Crippen LogP contribution in [0.4, 0.5) is 4.79 Å². The van der Waals surface area contributed by atoms with Crippen LogP contribution < -0.4 is 0 Å². The van der Waals surface area contributed by atoms with Crippen molar-refractivity contribution in [1.82, 2.24) is 4.90 Å². The van der Waals surface area contributed by atoms with E-state index in [2.05, 4.69) is 6.92 Å². The van der Waals surface area contributed by atoms with E-state index in [-0.39, 0.29) is 6.09 Å². The van der Waals surface area contributed by atoms with E-state index in [1.807, 2.05) is 20.8 Å². The van der Waals surface area contributed by atoms with Gasteiger partial charge in [-0.25, -0.2) is 4.79 Å². The van der Waals surface area contributed by atoms with Crippen molar-refractivity contribution in [1.29, 1.82) is 0 Å². The zero-order chi connectivity index (χ0) is 35.9. The maximum Gasteiger partial charge on any atom is 0.410 e. The average Bonchev–Trinajstić information content (AvgIpc) is 3.06. The Labute approximate surface area is 300 Å². The van der Waals surface area contributed by atoms with Gasteiger partial charge in [0.1, 0.15) is 5.60 Å². The monoisotopic (exact) mass is 708 g/mol. The molecule has 49 heavy (non-hydrogen) atoms. The fourth-order valence-electron chi connectivity index (χ4n) is 4.67. The van der Waals surface area contributed by atoms with Gasteiger partial charge in [0.05, 0.1) is 99.1 Å². The average molecular weight is 708 g/mol. The number of hydrogen-bond acceptors (Lipinski definition) is 10. The van der Waals surface area contributed by atoms with Gasteiger partial charge in [0, 0.05) is 20.2 Å². The second-order valence-electron chi connectivity index (χ2n) is 13.4. The van der Waals surface area contributed by atoms with Crippen molar-refractivity contribution in [2.45, 2.75) is 123 Å². The van der Waals surface area contributed by atoms with E-state index in [1.165, 1.54) is 88.4 Å². The van der Waals surface area contributed by atoms with Crippen LogP contribution in [0.25, 0.3) is 0 Å². The van der Waals surface area contributed by atoms with Crippen molar-refractivity contribution < 1.29 is 47.4 Å². The highest BCUT2D eigenvalue weighted by Gasteiger charge is 2.19. The van der Waals surface area contributed by atoms with E-state index < -0.39 is 5.60 Å². The number of rotatable bonds is 39. The largest absolute Gasteiger partial charge is 0.444 e. The Bertz CT molecular complexity index is 665. The molecule has 0 atom stereocenters. The van der Waals surface area contributed by atoms with Gasteiger partial charge in [-0.2, -0.15) is 0 Å². The normalized spacial score (nSPS) is 11.8. The van der Waals surface area contributed by atoms with E-state index in [1.54, 1.807) is 7.05 Å². The van der Waals surface area contributed by atoms with Crippen LogP contribution in [-0.2, 0) is 42.6 Å². The van der Waals surface area contributed by atoms with Crippen molar-refractivity contribution >= 4 is 6.09 Å². The fourth-order valence-corrected chi connectivity index (χ4v) is 4.67. The highest BCUT2D eigenvalue weighted by atomic mass is 16.6. The quantitative estimate of drug-likeness (QED) is 0.0598. The molecule has 1 amide bonds. The van der Waals surface area contributed by atoms with Crippen molar-refractivity contribution in [2.75, 3.05) is 119 Å². The summed E-state index contributed by atoms with van der Waals surface area (Å²) in [6.07, 6.45) is 18.9. The molecule has 0 spiro atoms. The number of nitrogens with zero attached hydrogens (tertiary/aromatic N) is 1. The molecule has 0 fully saturated rings. The zero-order valence-electron chi connectivity index (χ0n) is 32.5. The Hall–Kier alpha value is -1.05. The highest BCUT2D eigenvalue weighted by Crippen LogP contribution is 2.13. The standard InChI is InChI=1S/C38H77NO10/c1-6-7-8-9-10-11-12-13-14-15-16-17-18-19-21-41-23-25-43-27-29-45-31-33-47-35-36-48-34-32-46-30-28-44-26-24-42-22-20-39(5)37(40)49-38(2,3)4/h6-36H2,1-5H3. The lowest BCUT2D eigenvalue weighted by Crippen LogP contribution is -2.36. The third-order valence-electron chi connectivity index (χ3n) is 7.52. The molecule has 11 nitrogen and oxygen atoms in total. The molecule has 0 saturated carbocycles. The lowest BCUT2D eigenvalue weighted by atomic mass is 10.0. The first-order valence-corrected chi connectivity index (χ1v) is 19.4. The van der Waals surface area contributed by atoms with E-state index in [0.717, 1.165) is 13.0 Å². The smallest absolute Gasteiger partial charge is 0.410 e. The van der Waals surface area contributed by atoms with E-state index in [4.69, 9.17) is 42.6 Å². The zero-order valence-corrected chi connectivity index (χ0v) is 32.5. The van der Waals surface area contributed by atoms with Gasteiger partial charge in [0.15, 0.2) is 0 Å².